The maximum absolute atomic E-state index is 10.9. The van der Waals surface area contributed by atoms with Crippen molar-refractivity contribution in [2.45, 2.75) is 12.8 Å². The number of aromatic carboxylic acids is 1. The Bertz CT molecular complexity index is 753. The number of nitrogens with one attached hydrogen (secondary N) is 1. The van der Waals surface area contributed by atoms with Gasteiger partial charge in [0.2, 0.25) is 0 Å². The van der Waals surface area contributed by atoms with Gasteiger partial charge in [-0.05, 0) is 30.2 Å². The highest BCUT2D eigenvalue weighted by molar-refractivity contribution is 5.92. The van der Waals surface area contributed by atoms with E-state index in [9.17, 15) is 4.79 Å². The Balaban J connectivity index is 0.00000161. The lowest BCUT2D eigenvalue weighted by Crippen LogP contribution is -1.94. The second kappa shape index (κ2) is 6.41. The summed E-state index contributed by atoms with van der Waals surface area (Å²) in [6.07, 6.45) is 1.72. The molecule has 0 fully saturated rings. The molecule has 0 saturated heterocycles. The number of aromatic nitrogens is 2. The summed E-state index contributed by atoms with van der Waals surface area (Å²) in [6.45, 7) is 0. The molecule has 1 heterocycles. The Morgan fingerprint density at radius 1 is 1.10 bits per heavy atom. The van der Waals surface area contributed by atoms with Crippen molar-refractivity contribution in [1.29, 1.82) is 0 Å². The van der Waals surface area contributed by atoms with Crippen molar-refractivity contribution < 1.29 is 9.90 Å². The van der Waals surface area contributed by atoms with Gasteiger partial charge in [0.25, 0.3) is 0 Å². The van der Waals surface area contributed by atoms with Crippen molar-refractivity contribution in [3.8, 4) is 0 Å². The Morgan fingerprint density at radius 3 is 2.57 bits per heavy atom. The number of imidazole rings is 1. The molecule has 21 heavy (non-hydrogen) atoms. The topological polar surface area (TPSA) is 66.0 Å². The van der Waals surface area contributed by atoms with Crippen molar-refractivity contribution in [1.82, 2.24) is 9.97 Å². The summed E-state index contributed by atoms with van der Waals surface area (Å²) in [5.41, 5.74) is 3.11. The average Bonchev–Trinajstić information content (AvgIpc) is 2.88. The molecular formula is C16H15ClN2O2. The molecular weight excluding hydrogens is 288 g/mol. The number of carbonyl (C=O) groups is 1. The van der Waals surface area contributed by atoms with E-state index in [1.165, 1.54) is 5.56 Å². The summed E-state index contributed by atoms with van der Waals surface area (Å²) in [4.78, 5) is 18.6. The van der Waals surface area contributed by atoms with Gasteiger partial charge in [-0.2, -0.15) is 0 Å². The number of carboxylic acid groups (broad SMARTS) is 1. The van der Waals surface area contributed by atoms with E-state index in [2.05, 4.69) is 22.1 Å². The third-order valence-corrected chi connectivity index (χ3v) is 3.27. The van der Waals surface area contributed by atoms with Gasteiger partial charge < -0.3 is 10.1 Å². The van der Waals surface area contributed by atoms with Crippen molar-refractivity contribution >= 4 is 29.4 Å². The molecule has 4 nitrogen and oxygen atoms in total. The molecule has 2 N–H and O–H groups in total. The third-order valence-electron chi connectivity index (χ3n) is 3.27. The molecule has 0 saturated carbocycles. The van der Waals surface area contributed by atoms with Gasteiger partial charge in [-0.1, -0.05) is 30.3 Å². The lowest BCUT2D eigenvalue weighted by atomic mass is 10.1. The van der Waals surface area contributed by atoms with E-state index >= 15 is 0 Å². The Kier molecular flexibility index (Phi) is 4.60. The van der Waals surface area contributed by atoms with Crippen LogP contribution in [0, 0.1) is 0 Å². The molecule has 0 radical (unpaired) electrons. The molecule has 0 spiro atoms. The fourth-order valence-electron chi connectivity index (χ4n) is 2.22. The van der Waals surface area contributed by atoms with Crippen LogP contribution in [-0.2, 0) is 12.8 Å². The lowest BCUT2D eigenvalue weighted by molar-refractivity contribution is 0.0697. The van der Waals surface area contributed by atoms with Gasteiger partial charge in [-0.25, -0.2) is 9.78 Å². The number of H-pyrrole nitrogens is 1. The van der Waals surface area contributed by atoms with Crippen LogP contribution in [0.1, 0.15) is 21.7 Å². The minimum atomic E-state index is -0.924. The number of halogens is 1. The highest BCUT2D eigenvalue weighted by atomic mass is 35.5. The van der Waals surface area contributed by atoms with Gasteiger partial charge in [-0.3, -0.25) is 0 Å². The summed E-state index contributed by atoms with van der Waals surface area (Å²) in [6, 6.07) is 15.2. The fourth-order valence-corrected chi connectivity index (χ4v) is 2.22. The van der Waals surface area contributed by atoms with E-state index in [4.69, 9.17) is 5.11 Å². The SMILES string of the molecule is Cl.O=C(O)c1ccc2nc(CCc3ccccc3)[nH]c2c1. The Morgan fingerprint density at radius 2 is 1.86 bits per heavy atom. The van der Waals surface area contributed by atoms with Gasteiger partial charge in [0.05, 0.1) is 16.6 Å². The number of nitrogens with zero attached hydrogens (tertiary/aromatic N) is 1. The fraction of sp³-hybridized carbons (Fsp3) is 0.125. The van der Waals surface area contributed by atoms with E-state index in [0.29, 0.717) is 0 Å². The van der Waals surface area contributed by atoms with Crippen LogP contribution < -0.4 is 0 Å². The van der Waals surface area contributed by atoms with E-state index in [0.717, 1.165) is 29.7 Å². The minimum absolute atomic E-state index is 0. The molecule has 108 valence electrons. The quantitative estimate of drug-likeness (QED) is 0.775. The first kappa shape index (κ1) is 15.1. The van der Waals surface area contributed by atoms with Crippen molar-refractivity contribution in [3.63, 3.8) is 0 Å². The van der Waals surface area contributed by atoms with E-state index in [1.807, 2.05) is 18.2 Å². The predicted molar refractivity (Wildman–Crippen MR) is 84.2 cm³/mol. The number of benzene rings is 2. The number of fused-ring (bicyclic) bond motifs is 1. The molecule has 1 aromatic heterocycles. The second-order valence-electron chi connectivity index (χ2n) is 4.71. The summed E-state index contributed by atoms with van der Waals surface area (Å²) < 4.78 is 0. The molecule has 0 bridgehead atoms. The van der Waals surface area contributed by atoms with Crippen LogP contribution in [0.5, 0.6) is 0 Å². The average molecular weight is 303 g/mol. The molecule has 2 aromatic carbocycles. The molecule has 0 atom stereocenters. The molecule has 0 aliphatic rings. The number of rotatable bonds is 4. The van der Waals surface area contributed by atoms with Gasteiger partial charge >= 0.3 is 5.97 Å². The van der Waals surface area contributed by atoms with Gasteiger partial charge in [0.15, 0.2) is 0 Å². The van der Waals surface area contributed by atoms with Gasteiger partial charge in [0.1, 0.15) is 5.82 Å². The smallest absolute Gasteiger partial charge is 0.335 e. The zero-order chi connectivity index (χ0) is 13.9. The number of aromatic amines is 1. The van der Waals surface area contributed by atoms with Crippen LogP contribution in [0.4, 0.5) is 0 Å². The standard InChI is InChI=1S/C16H14N2O2.ClH/c19-16(20)12-7-8-13-14(10-12)18-15(17-13)9-6-11-4-2-1-3-5-11;/h1-5,7-8,10H,6,9H2,(H,17,18)(H,19,20);1H. The Hall–Kier alpha value is -2.33. The first-order valence-corrected chi connectivity index (χ1v) is 6.48. The highest BCUT2D eigenvalue weighted by Gasteiger charge is 2.07. The first-order chi connectivity index (χ1) is 9.72. The highest BCUT2D eigenvalue weighted by Crippen LogP contribution is 2.15. The first-order valence-electron chi connectivity index (χ1n) is 6.48. The van der Waals surface area contributed by atoms with Crippen molar-refractivity contribution in [2.24, 2.45) is 0 Å². The zero-order valence-electron chi connectivity index (χ0n) is 11.2. The van der Waals surface area contributed by atoms with E-state index in [-0.39, 0.29) is 18.0 Å². The molecule has 5 heteroatoms. The summed E-state index contributed by atoms with van der Waals surface area (Å²) >= 11 is 0. The molecule has 3 rings (SSSR count). The maximum atomic E-state index is 10.9. The lowest BCUT2D eigenvalue weighted by Gasteiger charge is -1.97. The zero-order valence-corrected chi connectivity index (χ0v) is 12.1. The minimum Gasteiger partial charge on any atom is -0.478 e. The van der Waals surface area contributed by atoms with Crippen LogP contribution in [0.2, 0.25) is 0 Å². The summed E-state index contributed by atoms with van der Waals surface area (Å²) in [7, 11) is 0. The largest absolute Gasteiger partial charge is 0.478 e. The molecule has 0 amide bonds. The van der Waals surface area contributed by atoms with Crippen LogP contribution in [0.15, 0.2) is 48.5 Å². The molecule has 0 unspecified atom stereocenters. The van der Waals surface area contributed by atoms with Gasteiger partial charge in [0, 0.05) is 6.42 Å². The number of aryl methyl sites for hydroxylation is 2. The summed E-state index contributed by atoms with van der Waals surface area (Å²) in [5.74, 6) is -0.0428. The number of carboxylic acids is 1. The van der Waals surface area contributed by atoms with Gasteiger partial charge in [-0.15, -0.1) is 12.4 Å². The summed E-state index contributed by atoms with van der Waals surface area (Å²) in [5, 5.41) is 8.97. The molecule has 0 aliphatic carbocycles. The van der Waals surface area contributed by atoms with Crippen LogP contribution in [0.25, 0.3) is 11.0 Å². The maximum Gasteiger partial charge on any atom is 0.335 e. The predicted octanol–water partition coefficient (Wildman–Crippen LogP) is 3.47. The second-order valence-corrected chi connectivity index (χ2v) is 4.71. The van der Waals surface area contributed by atoms with Crippen LogP contribution >= 0.6 is 12.4 Å². The van der Waals surface area contributed by atoms with Crippen molar-refractivity contribution in [3.05, 3.63) is 65.5 Å². The van der Waals surface area contributed by atoms with Crippen LogP contribution in [0.3, 0.4) is 0 Å². The number of hydrogen-bond acceptors (Lipinski definition) is 2. The Labute approximate surface area is 128 Å². The monoisotopic (exact) mass is 302 g/mol. The number of hydrogen-bond donors (Lipinski definition) is 2. The normalized spacial score (nSPS) is 10.3. The molecule has 0 aliphatic heterocycles. The van der Waals surface area contributed by atoms with E-state index in [1.54, 1.807) is 18.2 Å². The third kappa shape index (κ3) is 3.41. The van der Waals surface area contributed by atoms with E-state index < -0.39 is 5.97 Å². The van der Waals surface area contributed by atoms with Crippen molar-refractivity contribution in [2.75, 3.05) is 0 Å². The molecule has 3 aromatic rings. The van der Waals surface area contributed by atoms with Crippen LogP contribution in [-0.4, -0.2) is 21.0 Å².